The highest BCUT2D eigenvalue weighted by atomic mass is 16.3. The van der Waals surface area contributed by atoms with Crippen molar-refractivity contribution in [2.75, 3.05) is 18.0 Å². The lowest BCUT2D eigenvalue weighted by Crippen LogP contribution is -2.54. The van der Waals surface area contributed by atoms with Crippen molar-refractivity contribution in [1.82, 2.24) is 20.5 Å². The summed E-state index contributed by atoms with van der Waals surface area (Å²) >= 11 is 0. The summed E-state index contributed by atoms with van der Waals surface area (Å²) < 4.78 is 5.70. The van der Waals surface area contributed by atoms with Crippen molar-refractivity contribution < 1.29 is 4.42 Å². The third kappa shape index (κ3) is 2.56. The van der Waals surface area contributed by atoms with Gasteiger partial charge in [0.05, 0.1) is 0 Å². The second kappa shape index (κ2) is 5.28. The quantitative estimate of drug-likeness (QED) is 0.894. The number of anilines is 1. The molecule has 3 rings (SSSR count). The molecule has 2 N–H and O–H groups in total. The fraction of sp³-hybridized carbons (Fsp3) is 0.571. The molecule has 0 aliphatic carbocycles. The number of aromatic amines is 1. The maximum Gasteiger partial charge on any atom is 0.245 e. The molecule has 0 aromatic carbocycles. The van der Waals surface area contributed by atoms with Gasteiger partial charge in [-0.15, -0.1) is 5.10 Å². The number of hydrogen-bond donors (Lipinski definition) is 2. The van der Waals surface area contributed by atoms with Gasteiger partial charge in [-0.2, -0.15) is 4.98 Å². The van der Waals surface area contributed by atoms with E-state index in [2.05, 4.69) is 46.2 Å². The maximum absolute atomic E-state index is 5.70. The Morgan fingerprint density at radius 2 is 2.05 bits per heavy atom. The first-order valence-electron chi connectivity index (χ1n) is 7.18. The Morgan fingerprint density at radius 3 is 2.70 bits per heavy atom. The van der Waals surface area contributed by atoms with Crippen molar-refractivity contribution in [3.05, 3.63) is 17.9 Å². The summed E-state index contributed by atoms with van der Waals surface area (Å²) in [6.07, 6.45) is 0.883. The lowest BCUT2D eigenvalue weighted by molar-refractivity contribution is 0.403. The Hall–Kier alpha value is -1.82. The van der Waals surface area contributed by atoms with Crippen LogP contribution in [-0.2, 0) is 6.42 Å². The van der Waals surface area contributed by atoms with E-state index in [-0.39, 0.29) is 0 Å². The summed E-state index contributed by atoms with van der Waals surface area (Å²) in [5, 5.41) is 10.8. The second-order valence-corrected chi connectivity index (χ2v) is 5.48. The van der Waals surface area contributed by atoms with Gasteiger partial charge in [-0.3, -0.25) is 5.10 Å². The van der Waals surface area contributed by atoms with Gasteiger partial charge < -0.3 is 14.6 Å². The van der Waals surface area contributed by atoms with Crippen molar-refractivity contribution >= 4 is 5.95 Å². The maximum atomic E-state index is 5.70. The zero-order valence-corrected chi connectivity index (χ0v) is 12.2. The van der Waals surface area contributed by atoms with Crippen molar-refractivity contribution in [2.45, 2.75) is 39.3 Å². The zero-order chi connectivity index (χ0) is 14.1. The zero-order valence-electron chi connectivity index (χ0n) is 12.2. The van der Waals surface area contributed by atoms with Crippen LogP contribution in [0.3, 0.4) is 0 Å². The van der Waals surface area contributed by atoms with Crippen LogP contribution in [-0.4, -0.2) is 40.4 Å². The molecule has 20 heavy (non-hydrogen) atoms. The number of nitrogens with zero attached hydrogens (tertiary/aromatic N) is 3. The first kappa shape index (κ1) is 13.2. The van der Waals surface area contributed by atoms with Gasteiger partial charge in [0, 0.05) is 31.6 Å². The summed E-state index contributed by atoms with van der Waals surface area (Å²) in [4.78, 5) is 6.76. The molecule has 0 saturated carbocycles. The van der Waals surface area contributed by atoms with Crippen molar-refractivity contribution in [2.24, 2.45) is 0 Å². The molecule has 6 nitrogen and oxygen atoms in total. The summed E-state index contributed by atoms with van der Waals surface area (Å²) in [5.74, 6) is 3.15. The Labute approximate surface area is 118 Å². The number of H-pyrrole nitrogens is 1. The number of rotatable bonds is 3. The molecule has 1 saturated heterocycles. The van der Waals surface area contributed by atoms with Gasteiger partial charge in [-0.25, -0.2) is 0 Å². The standard InChI is InChI=1S/C14H21N5O/c1-4-11-5-6-12(20-11)13-16-14(18-17-13)19-7-9(2)15-10(3)8-19/h5-6,9-10,15H,4,7-8H2,1-3H3,(H,16,17,18). The molecule has 2 aromatic rings. The third-order valence-electron chi connectivity index (χ3n) is 3.56. The lowest BCUT2D eigenvalue weighted by Gasteiger charge is -2.35. The van der Waals surface area contributed by atoms with Crippen LogP contribution in [0.4, 0.5) is 5.95 Å². The molecular weight excluding hydrogens is 254 g/mol. The fourth-order valence-electron chi connectivity index (χ4n) is 2.69. The molecule has 2 atom stereocenters. The first-order valence-corrected chi connectivity index (χ1v) is 7.18. The number of aromatic nitrogens is 3. The van der Waals surface area contributed by atoms with Crippen LogP contribution in [0.1, 0.15) is 26.5 Å². The van der Waals surface area contributed by atoms with Crippen LogP contribution < -0.4 is 10.2 Å². The van der Waals surface area contributed by atoms with Crippen LogP contribution >= 0.6 is 0 Å². The molecule has 3 heterocycles. The Bertz CT molecular complexity index is 566. The topological polar surface area (TPSA) is 70.0 Å². The van der Waals surface area contributed by atoms with Crippen molar-refractivity contribution in [3.8, 4) is 11.6 Å². The molecule has 2 aromatic heterocycles. The first-order chi connectivity index (χ1) is 9.65. The molecule has 0 amide bonds. The van der Waals surface area contributed by atoms with Gasteiger partial charge in [0.2, 0.25) is 5.95 Å². The van der Waals surface area contributed by atoms with Gasteiger partial charge in [0.15, 0.2) is 11.6 Å². The molecule has 1 aliphatic heterocycles. The largest absolute Gasteiger partial charge is 0.458 e. The minimum atomic E-state index is 0.441. The van der Waals surface area contributed by atoms with E-state index in [9.17, 15) is 0 Å². The molecule has 0 spiro atoms. The van der Waals surface area contributed by atoms with E-state index in [4.69, 9.17) is 4.42 Å². The summed E-state index contributed by atoms with van der Waals surface area (Å²) in [6.45, 7) is 8.25. The second-order valence-electron chi connectivity index (χ2n) is 5.48. The van der Waals surface area contributed by atoms with Crippen LogP contribution in [0.15, 0.2) is 16.5 Å². The van der Waals surface area contributed by atoms with Crippen LogP contribution in [0.5, 0.6) is 0 Å². The highest BCUT2D eigenvalue weighted by Gasteiger charge is 2.24. The molecule has 0 bridgehead atoms. The van der Waals surface area contributed by atoms with Crippen molar-refractivity contribution in [1.29, 1.82) is 0 Å². The predicted molar refractivity (Wildman–Crippen MR) is 77.7 cm³/mol. The Kier molecular flexibility index (Phi) is 3.48. The average molecular weight is 275 g/mol. The summed E-state index contributed by atoms with van der Waals surface area (Å²) in [7, 11) is 0. The Morgan fingerprint density at radius 1 is 1.30 bits per heavy atom. The molecule has 0 radical (unpaired) electrons. The number of aryl methyl sites for hydroxylation is 1. The highest BCUT2D eigenvalue weighted by Crippen LogP contribution is 2.21. The van der Waals surface area contributed by atoms with E-state index in [0.29, 0.717) is 17.9 Å². The van der Waals surface area contributed by atoms with Crippen LogP contribution in [0, 0.1) is 0 Å². The molecule has 6 heteroatoms. The monoisotopic (exact) mass is 275 g/mol. The normalized spacial score (nSPS) is 23.2. The van der Waals surface area contributed by atoms with Gasteiger partial charge in [-0.1, -0.05) is 6.92 Å². The minimum absolute atomic E-state index is 0.441. The molecular formula is C14H21N5O. The fourth-order valence-corrected chi connectivity index (χ4v) is 2.69. The Balaban J connectivity index is 1.79. The van der Waals surface area contributed by atoms with Crippen molar-refractivity contribution in [3.63, 3.8) is 0 Å². The van der Waals surface area contributed by atoms with Crippen LogP contribution in [0.25, 0.3) is 11.6 Å². The van der Waals surface area contributed by atoms with E-state index in [1.54, 1.807) is 0 Å². The number of piperazine rings is 1. The van der Waals surface area contributed by atoms with Gasteiger partial charge in [0.25, 0.3) is 0 Å². The van der Waals surface area contributed by atoms with Crippen LogP contribution in [0.2, 0.25) is 0 Å². The van der Waals surface area contributed by atoms with Gasteiger partial charge in [-0.05, 0) is 26.0 Å². The summed E-state index contributed by atoms with van der Waals surface area (Å²) in [5.41, 5.74) is 0. The molecule has 1 fully saturated rings. The highest BCUT2D eigenvalue weighted by molar-refractivity contribution is 5.49. The van der Waals surface area contributed by atoms with E-state index < -0.39 is 0 Å². The minimum Gasteiger partial charge on any atom is -0.458 e. The molecule has 108 valence electrons. The van der Waals surface area contributed by atoms with E-state index >= 15 is 0 Å². The average Bonchev–Trinajstić information content (AvgIpc) is 3.06. The van der Waals surface area contributed by atoms with E-state index in [1.165, 1.54) is 0 Å². The SMILES string of the molecule is CCc1ccc(-c2nc(N3CC(C)NC(C)C3)n[nH]2)o1. The van der Waals surface area contributed by atoms with Gasteiger partial charge in [0.1, 0.15) is 5.76 Å². The lowest BCUT2D eigenvalue weighted by atomic mass is 10.1. The molecule has 2 unspecified atom stereocenters. The molecule has 1 aliphatic rings. The van der Waals surface area contributed by atoms with E-state index in [1.807, 2.05) is 12.1 Å². The number of nitrogens with one attached hydrogen (secondary N) is 2. The summed E-state index contributed by atoms with van der Waals surface area (Å²) in [6, 6.07) is 4.80. The predicted octanol–water partition coefficient (Wildman–Crippen LogP) is 1.81. The smallest absolute Gasteiger partial charge is 0.245 e. The van der Waals surface area contributed by atoms with Gasteiger partial charge >= 0.3 is 0 Å². The number of furan rings is 1. The third-order valence-corrected chi connectivity index (χ3v) is 3.56. The number of hydrogen-bond acceptors (Lipinski definition) is 5. The van der Waals surface area contributed by atoms with E-state index in [0.717, 1.165) is 37.0 Å².